The van der Waals surface area contributed by atoms with E-state index in [0.717, 1.165) is 10.1 Å². The number of benzene rings is 1. The maximum Gasteiger partial charge on any atom is 0.333 e. The van der Waals surface area contributed by atoms with Crippen LogP contribution in [0.4, 0.5) is 5.82 Å². The van der Waals surface area contributed by atoms with Crippen molar-refractivity contribution in [3.05, 3.63) is 81.1 Å². The van der Waals surface area contributed by atoms with E-state index in [1.165, 1.54) is 23.3 Å². The van der Waals surface area contributed by atoms with Crippen molar-refractivity contribution in [2.45, 2.75) is 33.5 Å². The van der Waals surface area contributed by atoms with Gasteiger partial charge in [0, 0.05) is 18.9 Å². The van der Waals surface area contributed by atoms with Crippen molar-refractivity contribution in [1.82, 2.24) is 39.5 Å². The molecule has 186 valence electrons. The Labute approximate surface area is 204 Å². The van der Waals surface area contributed by atoms with E-state index in [0.29, 0.717) is 6.54 Å². The van der Waals surface area contributed by atoms with Gasteiger partial charge in [-0.05, 0) is 11.5 Å². The number of anilines is 1. The molecule has 13 nitrogen and oxygen atoms in total. The summed E-state index contributed by atoms with van der Waals surface area (Å²) in [6.07, 6.45) is 4.11. The summed E-state index contributed by atoms with van der Waals surface area (Å²) < 4.78 is 3.85. The van der Waals surface area contributed by atoms with Gasteiger partial charge in [-0.2, -0.15) is 0 Å². The van der Waals surface area contributed by atoms with Crippen LogP contribution in [-0.2, 0) is 24.4 Å². The molecule has 0 saturated carbocycles. The predicted octanol–water partition coefficient (Wildman–Crippen LogP) is -0.103. The van der Waals surface area contributed by atoms with Crippen LogP contribution in [0, 0.1) is 5.92 Å². The third kappa shape index (κ3) is 4.99. The molecule has 0 spiro atoms. The number of amides is 2. The van der Waals surface area contributed by atoms with E-state index >= 15 is 0 Å². The molecule has 0 aliphatic heterocycles. The molecule has 0 aliphatic carbocycles. The Hall–Kier alpha value is -4.81. The molecule has 0 radical (unpaired) electrons. The van der Waals surface area contributed by atoms with E-state index in [-0.39, 0.29) is 35.1 Å². The highest BCUT2D eigenvalue weighted by Crippen LogP contribution is 2.11. The Morgan fingerprint density at radius 1 is 1.00 bits per heavy atom. The SMILES string of the molecule is CC(C)Cn1cnc2c1c(=O)n(CC(=O)NNC(=O)c1nccnc1N)c(=O)n2Cc1ccccc1. The fourth-order valence-electron chi connectivity index (χ4n) is 3.71. The van der Waals surface area contributed by atoms with Crippen LogP contribution in [0.25, 0.3) is 11.2 Å². The van der Waals surface area contributed by atoms with Crippen LogP contribution in [0.2, 0.25) is 0 Å². The maximum atomic E-state index is 13.4. The van der Waals surface area contributed by atoms with Crippen LogP contribution in [0.5, 0.6) is 0 Å². The lowest BCUT2D eigenvalue weighted by Crippen LogP contribution is -2.48. The number of nitrogens with one attached hydrogen (secondary N) is 2. The molecule has 4 N–H and O–H groups in total. The lowest BCUT2D eigenvalue weighted by molar-refractivity contribution is -0.122. The minimum atomic E-state index is -0.800. The normalized spacial score (nSPS) is 11.1. The number of aromatic nitrogens is 6. The molecule has 0 fully saturated rings. The van der Waals surface area contributed by atoms with Gasteiger partial charge in [0.2, 0.25) is 0 Å². The van der Waals surface area contributed by atoms with Crippen molar-refractivity contribution in [2.75, 3.05) is 5.73 Å². The van der Waals surface area contributed by atoms with Gasteiger partial charge in [-0.1, -0.05) is 44.2 Å². The van der Waals surface area contributed by atoms with E-state index in [1.54, 1.807) is 4.57 Å². The number of hydrogen-bond donors (Lipinski definition) is 3. The number of carbonyl (C=O) groups excluding carboxylic acids is 2. The summed E-state index contributed by atoms with van der Waals surface area (Å²) in [5.74, 6) is -1.51. The molecule has 0 bridgehead atoms. The molecule has 0 atom stereocenters. The van der Waals surface area contributed by atoms with Crippen molar-refractivity contribution in [2.24, 2.45) is 5.92 Å². The Balaban J connectivity index is 1.67. The second-order valence-electron chi connectivity index (χ2n) is 8.50. The van der Waals surface area contributed by atoms with Gasteiger partial charge in [-0.3, -0.25) is 29.8 Å². The lowest BCUT2D eigenvalue weighted by Gasteiger charge is -2.14. The lowest BCUT2D eigenvalue weighted by atomic mass is 10.2. The van der Waals surface area contributed by atoms with Crippen LogP contribution in [0.1, 0.15) is 29.9 Å². The number of nitrogens with two attached hydrogens (primary N) is 1. The smallest absolute Gasteiger partial charge is 0.333 e. The Morgan fingerprint density at radius 3 is 2.42 bits per heavy atom. The molecule has 2 amide bonds. The molecule has 1 aromatic carbocycles. The molecule has 3 aromatic heterocycles. The molecule has 0 saturated heterocycles. The highest BCUT2D eigenvalue weighted by Gasteiger charge is 2.21. The zero-order valence-electron chi connectivity index (χ0n) is 19.7. The van der Waals surface area contributed by atoms with Gasteiger partial charge in [-0.25, -0.2) is 24.3 Å². The molecule has 0 unspecified atom stereocenters. The van der Waals surface area contributed by atoms with Crippen molar-refractivity contribution >= 4 is 28.8 Å². The quantitative estimate of drug-likeness (QED) is 0.301. The Kier molecular flexibility index (Phi) is 6.90. The number of hydrazine groups is 1. The average Bonchev–Trinajstić information content (AvgIpc) is 3.26. The van der Waals surface area contributed by atoms with Crippen LogP contribution < -0.4 is 27.8 Å². The monoisotopic (exact) mass is 491 g/mol. The first-order valence-corrected chi connectivity index (χ1v) is 11.1. The number of rotatable bonds is 7. The highest BCUT2D eigenvalue weighted by atomic mass is 16.2. The van der Waals surface area contributed by atoms with E-state index in [2.05, 4.69) is 25.8 Å². The molecule has 4 aromatic rings. The summed E-state index contributed by atoms with van der Waals surface area (Å²) >= 11 is 0. The number of imidazole rings is 1. The van der Waals surface area contributed by atoms with Gasteiger partial charge in [0.05, 0.1) is 12.9 Å². The zero-order valence-corrected chi connectivity index (χ0v) is 19.7. The number of carbonyl (C=O) groups is 2. The van der Waals surface area contributed by atoms with Gasteiger partial charge in [0.25, 0.3) is 17.4 Å². The van der Waals surface area contributed by atoms with Gasteiger partial charge >= 0.3 is 5.69 Å². The van der Waals surface area contributed by atoms with Crippen molar-refractivity contribution in [3.63, 3.8) is 0 Å². The fraction of sp³-hybridized carbons (Fsp3) is 0.261. The summed E-state index contributed by atoms with van der Waals surface area (Å²) in [6.45, 7) is 4.00. The third-order valence-corrected chi connectivity index (χ3v) is 5.29. The summed E-state index contributed by atoms with van der Waals surface area (Å²) in [4.78, 5) is 63.5. The number of nitrogen functional groups attached to an aromatic ring is 1. The van der Waals surface area contributed by atoms with Gasteiger partial charge in [-0.15, -0.1) is 0 Å². The number of nitrogens with zero attached hydrogens (tertiary/aromatic N) is 6. The van der Waals surface area contributed by atoms with E-state index < -0.39 is 29.6 Å². The maximum absolute atomic E-state index is 13.4. The molecular weight excluding hydrogens is 466 g/mol. The Bertz CT molecular complexity index is 1540. The summed E-state index contributed by atoms with van der Waals surface area (Å²) in [7, 11) is 0. The average molecular weight is 492 g/mol. The summed E-state index contributed by atoms with van der Waals surface area (Å²) in [5.41, 5.74) is 9.68. The molecule has 3 heterocycles. The Morgan fingerprint density at radius 2 is 1.72 bits per heavy atom. The molecule has 13 heteroatoms. The third-order valence-electron chi connectivity index (χ3n) is 5.29. The first-order valence-electron chi connectivity index (χ1n) is 11.1. The van der Waals surface area contributed by atoms with E-state index in [1.807, 2.05) is 44.2 Å². The van der Waals surface area contributed by atoms with Crippen molar-refractivity contribution < 1.29 is 9.59 Å². The molecular formula is C23H25N9O4. The first kappa shape index (κ1) is 24.3. The summed E-state index contributed by atoms with van der Waals surface area (Å²) in [6, 6.07) is 9.22. The van der Waals surface area contributed by atoms with E-state index in [4.69, 9.17) is 5.73 Å². The van der Waals surface area contributed by atoms with Crippen LogP contribution in [-0.4, -0.2) is 40.5 Å². The minimum absolute atomic E-state index is 0.117. The van der Waals surface area contributed by atoms with Gasteiger partial charge < -0.3 is 10.3 Å². The predicted molar refractivity (Wildman–Crippen MR) is 131 cm³/mol. The van der Waals surface area contributed by atoms with Crippen LogP contribution in [0.15, 0.2) is 58.6 Å². The van der Waals surface area contributed by atoms with Crippen LogP contribution >= 0.6 is 0 Å². The van der Waals surface area contributed by atoms with Crippen molar-refractivity contribution in [1.29, 1.82) is 0 Å². The summed E-state index contributed by atoms with van der Waals surface area (Å²) in [5, 5.41) is 0. The molecule has 36 heavy (non-hydrogen) atoms. The topological polar surface area (TPSA) is 172 Å². The number of hydrogen-bond acceptors (Lipinski definition) is 8. The first-order chi connectivity index (χ1) is 17.3. The van der Waals surface area contributed by atoms with Crippen molar-refractivity contribution in [3.8, 4) is 0 Å². The second-order valence-corrected chi connectivity index (χ2v) is 8.50. The molecule has 0 aliphatic rings. The zero-order chi connectivity index (χ0) is 25.8. The van der Waals surface area contributed by atoms with Gasteiger partial charge in [0.1, 0.15) is 6.54 Å². The van der Waals surface area contributed by atoms with E-state index in [9.17, 15) is 19.2 Å². The highest BCUT2D eigenvalue weighted by molar-refractivity contribution is 5.97. The molecule has 4 rings (SSSR count). The van der Waals surface area contributed by atoms with Gasteiger partial charge in [0.15, 0.2) is 22.7 Å². The second kappa shape index (κ2) is 10.2. The largest absolute Gasteiger partial charge is 0.382 e. The standard InChI is InChI=1S/C23H25N9O4/c1-14(2)10-30-13-27-20-18(30)22(35)32(23(36)31(20)11-15-6-4-3-5-7-15)12-16(33)28-29-21(34)17-19(24)26-9-8-25-17/h3-9,13-14H,10-12H2,1-2H3,(H2,24,26)(H,28,33)(H,29,34). The van der Waals surface area contributed by atoms with Crippen LogP contribution in [0.3, 0.4) is 0 Å². The number of fused-ring (bicyclic) bond motifs is 1. The minimum Gasteiger partial charge on any atom is -0.382 e. The fourth-order valence-corrected chi connectivity index (χ4v) is 3.71.